The molecule has 1 atom stereocenters. The summed E-state index contributed by atoms with van der Waals surface area (Å²) in [7, 11) is 0. The van der Waals surface area contributed by atoms with Gasteiger partial charge < -0.3 is 16.2 Å². The molecule has 1 aromatic carbocycles. The number of hydrogen-bond donors (Lipinski definition) is 2. The van der Waals surface area contributed by atoms with Crippen molar-refractivity contribution in [3.8, 4) is 5.75 Å². The summed E-state index contributed by atoms with van der Waals surface area (Å²) in [4.78, 5) is 0. The van der Waals surface area contributed by atoms with Crippen LogP contribution in [-0.2, 0) is 0 Å². The Balaban J connectivity index is 2.04. The van der Waals surface area contributed by atoms with Crippen molar-refractivity contribution in [2.75, 3.05) is 5.73 Å². The molecule has 0 fully saturated rings. The zero-order chi connectivity index (χ0) is 10.7. The number of nitrogen functional groups attached to an aromatic ring is 1. The van der Waals surface area contributed by atoms with Crippen LogP contribution in [0.5, 0.6) is 5.75 Å². The van der Waals surface area contributed by atoms with Gasteiger partial charge in [0, 0.05) is 11.7 Å². The highest BCUT2D eigenvalue weighted by Gasteiger charge is 2.05. The molecule has 4 N–H and O–H groups in total. The van der Waals surface area contributed by atoms with E-state index in [1.54, 1.807) is 0 Å². The van der Waals surface area contributed by atoms with Gasteiger partial charge in [-0.3, -0.25) is 0 Å². The highest BCUT2D eigenvalue weighted by atomic mass is 16.5. The molecule has 0 aliphatic heterocycles. The van der Waals surface area contributed by atoms with Crippen molar-refractivity contribution in [2.24, 2.45) is 5.73 Å². The molecular formula is C12H14N2O. The minimum absolute atomic E-state index is 0.115. The quantitative estimate of drug-likeness (QED) is 0.719. The van der Waals surface area contributed by atoms with Crippen molar-refractivity contribution < 1.29 is 4.74 Å². The van der Waals surface area contributed by atoms with Crippen molar-refractivity contribution >= 4 is 5.69 Å². The van der Waals surface area contributed by atoms with E-state index < -0.39 is 0 Å². The number of hydrogen-bond acceptors (Lipinski definition) is 3. The molecule has 0 unspecified atom stereocenters. The number of allylic oxidation sites excluding steroid dienone is 1. The van der Waals surface area contributed by atoms with Crippen molar-refractivity contribution in [3.63, 3.8) is 0 Å². The van der Waals surface area contributed by atoms with Gasteiger partial charge in [-0.05, 0) is 42.8 Å². The predicted octanol–water partition coefficient (Wildman–Crippen LogP) is 1.82. The van der Waals surface area contributed by atoms with E-state index in [4.69, 9.17) is 16.2 Å². The monoisotopic (exact) mass is 202 g/mol. The lowest BCUT2D eigenvalue weighted by Gasteiger charge is -2.12. The maximum Gasteiger partial charge on any atom is 0.127 e. The second-order valence-corrected chi connectivity index (χ2v) is 3.54. The van der Waals surface area contributed by atoms with Gasteiger partial charge in [0.25, 0.3) is 0 Å². The molecule has 0 amide bonds. The van der Waals surface area contributed by atoms with E-state index in [1.165, 1.54) is 0 Å². The third kappa shape index (κ3) is 2.60. The summed E-state index contributed by atoms with van der Waals surface area (Å²) in [5, 5.41) is 0. The normalized spacial score (nSPS) is 19.8. The average Bonchev–Trinajstić information content (AvgIpc) is 2.25. The average molecular weight is 202 g/mol. The molecule has 3 nitrogen and oxygen atoms in total. The summed E-state index contributed by atoms with van der Waals surface area (Å²) in [6.07, 6.45) is 6.64. The molecule has 0 aromatic heterocycles. The maximum atomic E-state index is 5.71. The number of ether oxygens (including phenoxy) is 1. The summed E-state index contributed by atoms with van der Waals surface area (Å²) in [6, 6.07) is 7.43. The van der Waals surface area contributed by atoms with Crippen LogP contribution in [0.25, 0.3) is 0 Å². The summed E-state index contributed by atoms with van der Waals surface area (Å²) < 4.78 is 5.62. The van der Waals surface area contributed by atoms with Crippen LogP contribution in [0, 0.1) is 0 Å². The predicted molar refractivity (Wildman–Crippen MR) is 61.3 cm³/mol. The summed E-state index contributed by atoms with van der Waals surface area (Å²) in [6.45, 7) is 0. The van der Waals surface area contributed by atoms with Crippen molar-refractivity contribution in [2.45, 2.75) is 12.5 Å². The smallest absolute Gasteiger partial charge is 0.127 e. The first-order valence-corrected chi connectivity index (χ1v) is 4.91. The van der Waals surface area contributed by atoms with Crippen molar-refractivity contribution in [1.82, 2.24) is 0 Å². The topological polar surface area (TPSA) is 61.3 Å². The van der Waals surface area contributed by atoms with Crippen LogP contribution >= 0.6 is 0 Å². The van der Waals surface area contributed by atoms with Crippen LogP contribution in [0.2, 0.25) is 0 Å². The molecule has 0 bridgehead atoms. The van der Waals surface area contributed by atoms with Crippen LogP contribution in [0.1, 0.15) is 6.42 Å². The van der Waals surface area contributed by atoms with E-state index >= 15 is 0 Å². The Morgan fingerprint density at radius 2 is 1.93 bits per heavy atom. The molecule has 0 radical (unpaired) electrons. The van der Waals surface area contributed by atoms with Crippen LogP contribution in [0.15, 0.2) is 48.3 Å². The molecule has 1 aromatic rings. The van der Waals surface area contributed by atoms with Gasteiger partial charge in [0.15, 0.2) is 0 Å². The van der Waals surface area contributed by atoms with E-state index in [-0.39, 0.29) is 6.04 Å². The highest BCUT2D eigenvalue weighted by molar-refractivity contribution is 5.42. The number of benzene rings is 1. The second-order valence-electron chi connectivity index (χ2n) is 3.54. The lowest BCUT2D eigenvalue weighted by molar-refractivity contribution is 0.437. The SMILES string of the molecule is Nc1ccc(OC2=CC[C@H](N)C=C2)cc1. The van der Waals surface area contributed by atoms with Gasteiger partial charge in [0.2, 0.25) is 0 Å². The third-order valence-electron chi connectivity index (χ3n) is 2.21. The number of rotatable bonds is 2. The maximum absolute atomic E-state index is 5.71. The van der Waals surface area contributed by atoms with Crippen molar-refractivity contribution in [3.05, 3.63) is 48.3 Å². The number of nitrogens with two attached hydrogens (primary N) is 2. The lowest BCUT2D eigenvalue weighted by Crippen LogP contribution is -2.18. The first-order valence-electron chi connectivity index (χ1n) is 4.91. The third-order valence-corrected chi connectivity index (χ3v) is 2.21. The molecule has 1 aliphatic carbocycles. The summed E-state index contributed by atoms with van der Waals surface area (Å²) >= 11 is 0. The van der Waals surface area contributed by atoms with Crippen LogP contribution in [0.3, 0.4) is 0 Å². The molecule has 15 heavy (non-hydrogen) atoms. The molecule has 0 saturated heterocycles. The molecule has 78 valence electrons. The first kappa shape index (κ1) is 9.80. The summed E-state index contributed by atoms with van der Waals surface area (Å²) in [5.41, 5.74) is 12.0. The van der Waals surface area contributed by atoms with E-state index in [0.717, 1.165) is 23.6 Å². The molecule has 2 rings (SSSR count). The Hall–Kier alpha value is -1.74. The number of anilines is 1. The fraction of sp³-hybridized carbons (Fsp3) is 0.167. The Morgan fingerprint density at radius 3 is 2.53 bits per heavy atom. The molecule has 0 spiro atoms. The molecule has 0 saturated carbocycles. The van der Waals surface area contributed by atoms with Gasteiger partial charge in [-0.2, -0.15) is 0 Å². The van der Waals surface area contributed by atoms with Gasteiger partial charge in [0.1, 0.15) is 11.5 Å². The Bertz CT molecular complexity index is 393. The van der Waals surface area contributed by atoms with Gasteiger partial charge in [0.05, 0.1) is 0 Å². The lowest BCUT2D eigenvalue weighted by atomic mass is 10.1. The minimum Gasteiger partial charge on any atom is -0.458 e. The standard InChI is InChI=1S/C12H14N2O/c13-9-1-5-11(6-2-9)15-12-7-3-10(14)4-8-12/h1-3,5-8,10H,4,13-14H2/t10-/m1/s1. The van der Waals surface area contributed by atoms with Crippen LogP contribution in [0.4, 0.5) is 5.69 Å². The van der Waals surface area contributed by atoms with E-state index in [1.807, 2.05) is 42.5 Å². The van der Waals surface area contributed by atoms with Gasteiger partial charge in [-0.25, -0.2) is 0 Å². The molecule has 3 heteroatoms. The van der Waals surface area contributed by atoms with Gasteiger partial charge in [-0.1, -0.05) is 6.08 Å². The zero-order valence-corrected chi connectivity index (χ0v) is 8.39. The summed E-state index contributed by atoms with van der Waals surface area (Å²) in [5.74, 6) is 1.62. The van der Waals surface area contributed by atoms with Gasteiger partial charge in [-0.15, -0.1) is 0 Å². The van der Waals surface area contributed by atoms with Gasteiger partial charge >= 0.3 is 0 Å². The van der Waals surface area contributed by atoms with E-state index in [0.29, 0.717) is 0 Å². The molecular weight excluding hydrogens is 188 g/mol. The van der Waals surface area contributed by atoms with Crippen molar-refractivity contribution in [1.29, 1.82) is 0 Å². The van der Waals surface area contributed by atoms with Crippen LogP contribution in [-0.4, -0.2) is 6.04 Å². The second kappa shape index (κ2) is 4.19. The van der Waals surface area contributed by atoms with E-state index in [2.05, 4.69) is 0 Å². The first-order chi connectivity index (χ1) is 7.24. The largest absolute Gasteiger partial charge is 0.458 e. The Morgan fingerprint density at radius 1 is 1.20 bits per heavy atom. The Kier molecular flexibility index (Phi) is 2.74. The van der Waals surface area contributed by atoms with E-state index in [9.17, 15) is 0 Å². The zero-order valence-electron chi connectivity index (χ0n) is 8.39. The fourth-order valence-corrected chi connectivity index (χ4v) is 1.36. The molecule has 0 heterocycles. The minimum atomic E-state index is 0.115. The van der Waals surface area contributed by atoms with Crippen LogP contribution < -0.4 is 16.2 Å². The fourth-order valence-electron chi connectivity index (χ4n) is 1.36. The highest BCUT2D eigenvalue weighted by Crippen LogP contribution is 2.18. The molecule has 1 aliphatic rings. The Labute approximate surface area is 89.0 Å².